The summed E-state index contributed by atoms with van der Waals surface area (Å²) < 4.78 is 0. The lowest BCUT2D eigenvalue weighted by molar-refractivity contribution is 0.935. The highest BCUT2D eigenvalue weighted by Crippen LogP contribution is 2.22. The topological polar surface area (TPSA) is 0 Å². The lowest BCUT2D eigenvalue weighted by Gasteiger charge is -1.84. The summed E-state index contributed by atoms with van der Waals surface area (Å²) in [7, 11) is 0.0553. The van der Waals surface area contributed by atoms with Gasteiger partial charge in [0.05, 0.1) is 0 Å². The molecule has 0 amide bonds. The fraction of sp³-hybridized carbons (Fsp3) is 1.00. The minimum atomic E-state index is 0.0553. The third-order valence-electron chi connectivity index (χ3n) is 1.15. The first kappa shape index (κ1) is 4.85. The average Bonchev–Trinajstić information content (AvgIpc) is 1.86. The number of hydrogen-bond acceptors (Lipinski definition) is 0. The van der Waals surface area contributed by atoms with E-state index in [1.165, 1.54) is 24.9 Å². The maximum absolute atomic E-state index is 3.64. The van der Waals surface area contributed by atoms with Crippen LogP contribution in [0.4, 0.5) is 0 Å². The summed E-state index contributed by atoms with van der Waals surface area (Å²) >= 11 is 3.64. The Balaban J connectivity index is 2.18. The third-order valence-corrected chi connectivity index (χ3v) is 5.32. The standard InChI is InChI=1S/C4H8BrSi/c5-6-3-1-2-4-6/h1-4H2. The van der Waals surface area contributed by atoms with Crippen LogP contribution in [0.5, 0.6) is 0 Å². The highest BCUT2D eigenvalue weighted by molar-refractivity contribution is 9.24. The summed E-state index contributed by atoms with van der Waals surface area (Å²) in [4.78, 5) is 0. The van der Waals surface area contributed by atoms with Crippen LogP contribution in [0.2, 0.25) is 12.1 Å². The Morgan fingerprint density at radius 2 is 1.67 bits per heavy atom. The molecule has 0 nitrogen and oxygen atoms in total. The molecule has 0 aromatic rings. The van der Waals surface area contributed by atoms with Crippen molar-refractivity contribution < 1.29 is 0 Å². The molecule has 0 saturated carbocycles. The minimum Gasteiger partial charge on any atom is -0.129 e. The molecule has 6 heavy (non-hydrogen) atoms. The van der Waals surface area contributed by atoms with E-state index in [4.69, 9.17) is 0 Å². The van der Waals surface area contributed by atoms with Crippen molar-refractivity contribution in [3.63, 3.8) is 0 Å². The van der Waals surface area contributed by atoms with Crippen molar-refractivity contribution in [2.24, 2.45) is 0 Å². The molecule has 2 heteroatoms. The van der Waals surface area contributed by atoms with Crippen LogP contribution >= 0.6 is 15.3 Å². The fourth-order valence-electron chi connectivity index (χ4n) is 0.759. The molecule has 0 aliphatic carbocycles. The second-order valence-corrected chi connectivity index (χ2v) is 7.12. The molecule has 1 heterocycles. The van der Waals surface area contributed by atoms with Gasteiger partial charge >= 0.3 is 0 Å². The second kappa shape index (κ2) is 2.12. The lowest BCUT2D eigenvalue weighted by atomic mass is 10.4. The van der Waals surface area contributed by atoms with Crippen LogP contribution < -0.4 is 0 Å². The van der Waals surface area contributed by atoms with Crippen LogP contribution in [-0.2, 0) is 0 Å². The molecule has 0 bridgehead atoms. The highest BCUT2D eigenvalue weighted by atomic mass is 79.9. The smallest absolute Gasteiger partial charge is 0.129 e. The predicted molar refractivity (Wildman–Crippen MR) is 33.5 cm³/mol. The van der Waals surface area contributed by atoms with Crippen LogP contribution in [0.1, 0.15) is 12.8 Å². The summed E-state index contributed by atoms with van der Waals surface area (Å²) in [6, 6.07) is 3.01. The molecule has 1 rings (SSSR count). The molecular weight excluding hydrogens is 156 g/mol. The highest BCUT2D eigenvalue weighted by Gasteiger charge is 2.12. The van der Waals surface area contributed by atoms with Gasteiger partial charge in [0.25, 0.3) is 0 Å². The molecule has 0 spiro atoms. The van der Waals surface area contributed by atoms with E-state index in [9.17, 15) is 0 Å². The molecule has 0 unspecified atom stereocenters. The van der Waals surface area contributed by atoms with E-state index < -0.39 is 0 Å². The van der Waals surface area contributed by atoms with Crippen molar-refractivity contribution in [2.75, 3.05) is 0 Å². The van der Waals surface area contributed by atoms with Crippen LogP contribution in [0, 0.1) is 0 Å². The second-order valence-electron chi connectivity index (χ2n) is 1.72. The summed E-state index contributed by atoms with van der Waals surface area (Å²) in [5, 5.41) is 0. The van der Waals surface area contributed by atoms with Crippen LogP contribution in [-0.4, -0.2) is 7.42 Å². The van der Waals surface area contributed by atoms with Gasteiger partial charge in [-0.25, -0.2) is 0 Å². The van der Waals surface area contributed by atoms with E-state index >= 15 is 0 Å². The minimum absolute atomic E-state index is 0.0553. The van der Waals surface area contributed by atoms with Crippen molar-refractivity contribution in [2.45, 2.75) is 24.9 Å². The Hall–Kier alpha value is 0.697. The zero-order chi connectivity index (χ0) is 4.41. The van der Waals surface area contributed by atoms with E-state index in [1.807, 2.05) is 0 Å². The molecule has 1 saturated heterocycles. The number of halogens is 1. The van der Waals surface area contributed by atoms with Gasteiger partial charge in [-0.3, -0.25) is 0 Å². The maximum atomic E-state index is 3.64. The van der Waals surface area contributed by atoms with Crippen molar-refractivity contribution >= 4 is 22.7 Å². The predicted octanol–water partition coefficient (Wildman–Crippen LogP) is 2.17. The van der Waals surface area contributed by atoms with Crippen LogP contribution in [0.3, 0.4) is 0 Å². The first-order valence-electron chi connectivity index (χ1n) is 2.40. The van der Waals surface area contributed by atoms with Crippen LogP contribution in [0.25, 0.3) is 0 Å². The monoisotopic (exact) mass is 163 g/mol. The average molecular weight is 164 g/mol. The number of rotatable bonds is 0. The van der Waals surface area contributed by atoms with Gasteiger partial charge in [-0.2, -0.15) is 0 Å². The van der Waals surface area contributed by atoms with E-state index in [2.05, 4.69) is 15.3 Å². The summed E-state index contributed by atoms with van der Waals surface area (Å²) in [5.41, 5.74) is 0. The molecule has 1 aliphatic rings. The fourth-order valence-corrected chi connectivity index (χ4v) is 3.96. The molecule has 0 N–H and O–H groups in total. The zero-order valence-corrected chi connectivity index (χ0v) is 6.29. The Morgan fingerprint density at radius 3 is 1.83 bits per heavy atom. The zero-order valence-electron chi connectivity index (χ0n) is 3.71. The molecule has 0 atom stereocenters. The van der Waals surface area contributed by atoms with Crippen LogP contribution in [0.15, 0.2) is 0 Å². The molecule has 0 aromatic heterocycles. The van der Waals surface area contributed by atoms with E-state index in [1.54, 1.807) is 0 Å². The Morgan fingerprint density at radius 1 is 1.17 bits per heavy atom. The van der Waals surface area contributed by atoms with Crippen molar-refractivity contribution in [1.29, 1.82) is 0 Å². The van der Waals surface area contributed by atoms with Crippen molar-refractivity contribution in [3.8, 4) is 0 Å². The van der Waals surface area contributed by atoms with Crippen molar-refractivity contribution in [1.82, 2.24) is 0 Å². The van der Waals surface area contributed by atoms with Gasteiger partial charge in [0.2, 0.25) is 0 Å². The molecule has 0 aromatic carbocycles. The number of hydrogen-bond donors (Lipinski definition) is 0. The molecule has 35 valence electrons. The largest absolute Gasteiger partial charge is 0.135 e. The quantitative estimate of drug-likeness (QED) is 0.380. The van der Waals surface area contributed by atoms with E-state index in [-0.39, 0.29) is 7.42 Å². The Kier molecular flexibility index (Phi) is 1.71. The van der Waals surface area contributed by atoms with Gasteiger partial charge < -0.3 is 0 Å². The van der Waals surface area contributed by atoms with Gasteiger partial charge in [0, 0.05) is 0 Å². The summed E-state index contributed by atoms with van der Waals surface area (Å²) in [6.07, 6.45) is 2.97. The normalized spacial score (nSPS) is 25.5. The van der Waals surface area contributed by atoms with Gasteiger partial charge in [0.1, 0.15) is 7.42 Å². The molecule has 1 radical (unpaired) electrons. The Bertz CT molecular complexity index is 40.8. The Labute approximate surface area is 48.1 Å². The SMILES string of the molecule is Br[Si]1CCCC1. The maximum Gasteiger partial charge on any atom is 0.135 e. The van der Waals surface area contributed by atoms with E-state index in [0.29, 0.717) is 0 Å². The summed E-state index contributed by atoms with van der Waals surface area (Å²) in [6.45, 7) is 0. The molecule has 1 fully saturated rings. The van der Waals surface area contributed by atoms with Gasteiger partial charge in [0.15, 0.2) is 0 Å². The van der Waals surface area contributed by atoms with E-state index in [0.717, 1.165) is 0 Å². The van der Waals surface area contributed by atoms with Gasteiger partial charge in [-0.1, -0.05) is 12.8 Å². The molecule has 1 aliphatic heterocycles. The first-order valence-corrected chi connectivity index (χ1v) is 6.57. The van der Waals surface area contributed by atoms with Gasteiger partial charge in [-0.05, 0) is 12.1 Å². The van der Waals surface area contributed by atoms with Gasteiger partial charge in [-0.15, -0.1) is 15.3 Å². The lowest BCUT2D eigenvalue weighted by Crippen LogP contribution is -1.88. The first-order chi connectivity index (χ1) is 2.89. The molecular formula is C4H8BrSi. The summed E-state index contributed by atoms with van der Waals surface area (Å²) in [5.74, 6) is 0. The third kappa shape index (κ3) is 1.08. The van der Waals surface area contributed by atoms with Crippen molar-refractivity contribution in [3.05, 3.63) is 0 Å².